The average Bonchev–Trinajstić information content (AvgIpc) is 2.82. The first-order valence-corrected chi connectivity index (χ1v) is 9.17. The number of anilines is 1. The number of nitrogens with one attached hydrogen (secondary N) is 1. The van der Waals surface area contributed by atoms with E-state index in [2.05, 4.69) is 4.72 Å². The fourth-order valence-electron chi connectivity index (χ4n) is 1.67. The van der Waals surface area contributed by atoms with Gasteiger partial charge in [0.25, 0.3) is 0 Å². The Hall–Kier alpha value is -0.500. The van der Waals surface area contributed by atoms with Gasteiger partial charge >= 0.3 is 0 Å². The summed E-state index contributed by atoms with van der Waals surface area (Å²) in [5, 5.41) is 0.114. The number of nitrogen functional groups attached to an aromatic ring is 1. The lowest BCUT2D eigenvalue weighted by molar-refractivity contribution is 0.568. The Balaban J connectivity index is 2.33. The van der Waals surface area contributed by atoms with E-state index in [9.17, 15) is 8.42 Å². The van der Waals surface area contributed by atoms with Crippen molar-refractivity contribution in [2.45, 2.75) is 17.9 Å². The van der Waals surface area contributed by atoms with Crippen LogP contribution in [0.5, 0.6) is 0 Å². The second kappa shape index (κ2) is 6.32. The van der Waals surface area contributed by atoms with Gasteiger partial charge in [-0.15, -0.1) is 11.3 Å². The third-order valence-electron chi connectivity index (χ3n) is 2.73. The topological polar surface area (TPSA) is 72.2 Å². The number of benzene rings is 1. The number of sulfonamides is 1. The van der Waals surface area contributed by atoms with E-state index in [0.717, 1.165) is 4.88 Å². The first-order valence-electron chi connectivity index (χ1n) is 5.73. The predicted octanol–water partition coefficient (Wildman–Crippen LogP) is 4.33. The summed E-state index contributed by atoms with van der Waals surface area (Å²) in [6.07, 6.45) is 0. The number of hydrogen-bond acceptors (Lipinski definition) is 4. The largest absolute Gasteiger partial charge is 0.396 e. The molecule has 2 rings (SSSR count). The van der Waals surface area contributed by atoms with E-state index in [4.69, 9.17) is 40.5 Å². The third kappa shape index (κ3) is 3.64. The zero-order chi connectivity index (χ0) is 15.8. The summed E-state index contributed by atoms with van der Waals surface area (Å²) >= 11 is 18.9. The molecule has 21 heavy (non-hydrogen) atoms. The van der Waals surface area contributed by atoms with Crippen LogP contribution in [-0.4, -0.2) is 8.42 Å². The SMILES string of the molecule is CC(NS(=O)(=O)c1ccc(Cl)c(N)c1Cl)c1ccc(Cl)s1. The van der Waals surface area contributed by atoms with Gasteiger partial charge in [0.15, 0.2) is 0 Å². The average molecular weight is 386 g/mol. The molecule has 0 fully saturated rings. The van der Waals surface area contributed by atoms with Gasteiger partial charge in [0.2, 0.25) is 10.0 Å². The van der Waals surface area contributed by atoms with Crippen molar-refractivity contribution in [3.8, 4) is 0 Å². The highest BCUT2D eigenvalue weighted by atomic mass is 35.5. The normalized spacial score (nSPS) is 13.3. The maximum absolute atomic E-state index is 12.4. The number of rotatable bonds is 4. The highest BCUT2D eigenvalue weighted by Gasteiger charge is 2.23. The van der Waals surface area contributed by atoms with Gasteiger partial charge in [0.1, 0.15) is 4.90 Å². The first-order chi connectivity index (χ1) is 9.72. The van der Waals surface area contributed by atoms with Crippen LogP contribution < -0.4 is 10.5 Å². The molecular weight excluding hydrogens is 375 g/mol. The van der Waals surface area contributed by atoms with Crippen LogP contribution in [0.4, 0.5) is 5.69 Å². The summed E-state index contributed by atoms with van der Waals surface area (Å²) in [5.41, 5.74) is 5.69. The molecule has 0 radical (unpaired) electrons. The van der Waals surface area contributed by atoms with Crippen LogP contribution in [0.3, 0.4) is 0 Å². The minimum Gasteiger partial charge on any atom is -0.396 e. The molecule has 0 saturated carbocycles. The minimum atomic E-state index is -3.83. The van der Waals surface area contributed by atoms with E-state index in [-0.39, 0.29) is 20.6 Å². The summed E-state index contributed by atoms with van der Waals surface area (Å²) < 4.78 is 27.9. The zero-order valence-corrected chi connectivity index (χ0v) is 14.6. The molecule has 114 valence electrons. The maximum Gasteiger partial charge on any atom is 0.242 e. The second-order valence-corrected chi connectivity index (χ2v) is 8.47. The standard InChI is InChI=1S/C12H11Cl3N2O2S2/c1-6(8-3-5-10(14)20-8)17-21(18,19)9-4-2-7(13)12(16)11(9)15/h2-6,17H,16H2,1H3. The van der Waals surface area contributed by atoms with Crippen molar-refractivity contribution < 1.29 is 8.42 Å². The Morgan fingerprint density at radius 2 is 1.86 bits per heavy atom. The van der Waals surface area contributed by atoms with E-state index < -0.39 is 16.1 Å². The Morgan fingerprint density at radius 3 is 2.43 bits per heavy atom. The molecule has 1 atom stereocenters. The molecule has 0 aliphatic heterocycles. The minimum absolute atomic E-state index is 0.0352. The van der Waals surface area contributed by atoms with Crippen molar-refractivity contribution in [3.63, 3.8) is 0 Å². The van der Waals surface area contributed by atoms with Gasteiger partial charge in [0.05, 0.1) is 26.1 Å². The van der Waals surface area contributed by atoms with Crippen LogP contribution in [-0.2, 0) is 10.0 Å². The predicted molar refractivity (Wildman–Crippen MR) is 88.9 cm³/mol. The Morgan fingerprint density at radius 1 is 1.19 bits per heavy atom. The molecule has 1 aromatic carbocycles. The Labute approximate surface area is 141 Å². The first kappa shape index (κ1) is 16.9. The van der Waals surface area contributed by atoms with Crippen molar-refractivity contribution in [1.29, 1.82) is 0 Å². The third-order valence-corrected chi connectivity index (χ3v) is 6.58. The van der Waals surface area contributed by atoms with E-state index >= 15 is 0 Å². The molecule has 2 aromatic rings. The molecular formula is C12H11Cl3N2O2S2. The number of hydrogen-bond donors (Lipinski definition) is 2. The summed E-state index contributed by atoms with van der Waals surface area (Å²) in [6.45, 7) is 1.72. The summed E-state index contributed by atoms with van der Waals surface area (Å²) in [5.74, 6) is 0. The zero-order valence-electron chi connectivity index (χ0n) is 10.7. The van der Waals surface area contributed by atoms with Crippen molar-refractivity contribution in [3.05, 3.63) is 43.5 Å². The second-order valence-electron chi connectivity index (χ2n) is 4.26. The van der Waals surface area contributed by atoms with Gasteiger partial charge < -0.3 is 5.73 Å². The summed E-state index contributed by atoms with van der Waals surface area (Å²) in [4.78, 5) is 0.683. The molecule has 0 saturated heterocycles. The fraction of sp³-hybridized carbons (Fsp3) is 0.167. The molecule has 1 aromatic heterocycles. The molecule has 0 spiro atoms. The van der Waals surface area contributed by atoms with Crippen molar-refractivity contribution in [1.82, 2.24) is 4.72 Å². The van der Waals surface area contributed by atoms with Crippen LogP contribution in [0.2, 0.25) is 14.4 Å². The van der Waals surface area contributed by atoms with Gasteiger partial charge in [0, 0.05) is 4.88 Å². The summed E-state index contributed by atoms with van der Waals surface area (Å²) in [6, 6.07) is 5.74. The molecule has 1 heterocycles. The van der Waals surface area contributed by atoms with E-state index in [0.29, 0.717) is 4.34 Å². The van der Waals surface area contributed by atoms with Crippen molar-refractivity contribution in [2.24, 2.45) is 0 Å². The van der Waals surface area contributed by atoms with E-state index in [1.165, 1.54) is 23.5 Å². The number of nitrogens with two attached hydrogens (primary N) is 1. The quantitative estimate of drug-likeness (QED) is 0.769. The molecule has 0 aliphatic carbocycles. The van der Waals surface area contributed by atoms with Gasteiger partial charge in [-0.2, -0.15) is 0 Å². The van der Waals surface area contributed by atoms with Gasteiger partial charge in [-0.25, -0.2) is 13.1 Å². The summed E-state index contributed by atoms with van der Waals surface area (Å²) in [7, 11) is -3.83. The number of halogens is 3. The Kier molecular flexibility index (Phi) is 5.07. The van der Waals surface area contributed by atoms with Crippen LogP contribution in [0.15, 0.2) is 29.2 Å². The van der Waals surface area contributed by atoms with Crippen molar-refractivity contribution in [2.75, 3.05) is 5.73 Å². The number of thiophene rings is 1. The molecule has 4 nitrogen and oxygen atoms in total. The Bertz CT molecular complexity index is 775. The van der Waals surface area contributed by atoms with Crippen LogP contribution in [0, 0.1) is 0 Å². The molecule has 3 N–H and O–H groups in total. The maximum atomic E-state index is 12.4. The lowest BCUT2D eigenvalue weighted by Gasteiger charge is -2.14. The van der Waals surface area contributed by atoms with E-state index in [1.807, 2.05) is 0 Å². The highest BCUT2D eigenvalue weighted by molar-refractivity contribution is 7.89. The fourth-order valence-corrected chi connectivity index (χ4v) is 4.80. The molecule has 9 heteroatoms. The van der Waals surface area contributed by atoms with Gasteiger partial charge in [-0.05, 0) is 31.2 Å². The van der Waals surface area contributed by atoms with Crippen LogP contribution in [0.25, 0.3) is 0 Å². The molecule has 0 amide bonds. The van der Waals surface area contributed by atoms with E-state index in [1.54, 1.807) is 19.1 Å². The lowest BCUT2D eigenvalue weighted by atomic mass is 10.3. The smallest absolute Gasteiger partial charge is 0.242 e. The van der Waals surface area contributed by atoms with Crippen LogP contribution >= 0.6 is 46.1 Å². The van der Waals surface area contributed by atoms with Crippen LogP contribution in [0.1, 0.15) is 17.8 Å². The monoisotopic (exact) mass is 384 g/mol. The molecule has 1 unspecified atom stereocenters. The lowest BCUT2D eigenvalue weighted by Crippen LogP contribution is -2.26. The highest BCUT2D eigenvalue weighted by Crippen LogP contribution is 2.34. The molecule has 0 bridgehead atoms. The van der Waals surface area contributed by atoms with Crippen molar-refractivity contribution >= 4 is 61.9 Å². The van der Waals surface area contributed by atoms with Gasteiger partial charge in [-0.3, -0.25) is 0 Å². The molecule has 0 aliphatic rings. The van der Waals surface area contributed by atoms with Gasteiger partial charge in [-0.1, -0.05) is 34.8 Å².